The summed E-state index contributed by atoms with van der Waals surface area (Å²) in [5.74, 6) is 0.846. The summed E-state index contributed by atoms with van der Waals surface area (Å²) in [7, 11) is 0. The molecule has 0 radical (unpaired) electrons. The summed E-state index contributed by atoms with van der Waals surface area (Å²) in [4.78, 5) is 15.8. The Bertz CT molecular complexity index is 545. The van der Waals surface area contributed by atoms with Gasteiger partial charge in [-0.25, -0.2) is 4.98 Å². The fourth-order valence-corrected chi connectivity index (χ4v) is 1.40. The fourth-order valence-electron chi connectivity index (χ4n) is 1.30. The molecule has 2 aromatic rings. The number of aromatic nitrogens is 3. The molecule has 0 fully saturated rings. The highest BCUT2D eigenvalue weighted by Gasteiger charge is 2.10. The van der Waals surface area contributed by atoms with E-state index in [1.54, 1.807) is 0 Å². The van der Waals surface area contributed by atoms with E-state index in [-0.39, 0.29) is 23.3 Å². The summed E-state index contributed by atoms with van der Waals surface area (Å²) in [5, 5.41) is 10.1. The van der Waals surface area contributed by atoms with Crippen molar-refractivity contribution in [3.05, 3.63) is 40.3 Å². The third kappa shape index (κ3) is 2.84. The van der Waals surface area contributed by atoms with Gasteiger partial charge >= 0.3 is 0 Å². The lowest BCUT2D eigenvalue weighted by Crippen LogP contribution is -2.24. The topological polar surface area (TPSA) is 80.9 Å². The number of hydrogen-bond donors (Lipinski definition) is 1. The van der Waals surface area contributed by atoms with Gasteiger partial charge in [0, 0.05) is 0 Å². The first-order chi connectivity index (χ1) is 8.56. The molecular formula is C11H11ClN4O2. The van der Waals surface area contributed by atoms with E-state index in [0.717, 1.165) is 11.5 Å². The van der Waals surface area contributed by atoms with Crippen LogP contribution in [0.15, 0.2) is 16.5 Å². The molecule has 18 heavy (non-hydrogen) atoms. The number of carbonyl (C=O) groups excluding carboxylic acids is 1. The standard InChI is InChI=1S/C11H11ClN4O2/c1-6-7(2)18-10(14-6)5-13-11(17)8-3-4-9(12)16-15-8/h3-4H,5H2,1-2H3,(H,13,17). The number of amides is 1. The summed E-state index contributed by atoms with van der Waals surface area (Å²) in [6, 6.07) is 3.00. The molecular weight excluding hydrogens is 256 g/mol. The molecule has 0 spiro atoms. The van der Waals surface area contributed by atoms with Crippen LogP contribution in [0.3, 0.4) is 0 Å². The molecule has 0 saturated heterocycles. The molecule has 0 unspecified atom stereocenters. The average molecular weight is 267 g/mol. The quantitative estimate of drug-likeness (QED) is 0.914. The molecule has 2 heterocycles. The first-order valence-electron chi connectivity index (χ1n) is 5.26. The van der Waals surface area contributed by atoms with Crippen LogP contribution in [0.25, 0.3) is 0 Å². The van der Waals surface area contributed by atoms with E-state index in [2.05, 4.69) is 20.5 Å². The zero-order valence-corrected chi connectivity index (χ0v) is 10.7. The molecule has 2 aromatic heterocycles. The van der Waals surface area contributed by atoms with Crippen LogP contribution in [0.2, 0.25) is 5.15 Å². The number of hydrogen-bond acceptors (Lipinski definition) is 5. The molecule has 0 atom stereocenters. The Morgan fingerprint density at radius 1 is 1.39 bits per heavy atom. The van der Waals surface area contributed by atoms with Crippen LogP contribution in [0.1, 0.15) is 27.8 Å². The van der Waals surface area contributed by atoms with Gasteiger partial charge in [0.2, 0.25) is 5.89 Å². The Hall–Kier alpha value is -1.95. The molecule has 0 aliphatic heterocycles. The molecule has 1 amide bonds. The van der Waals surface area contributed by atoms with E-state index in [4.69, 9.17) is 16.0 Å². The second-order valence-corrected chi connectivity index (χ2v) is 4.06. The van der Waals surface area contributed by atoms with E-state index in [1.807, 2.05) is 13.8 Å². The van der Waals surface area contributed by atoms with Crippen molar-refractivity contribution >= 4 is 17.5 Å². The number of nitrogens with zero attached hydrogens (tertiary/aromatic N) is 3. The number of carbonyl (C=O) groups is 1. The van der Waals surface area contributed by atoms with Crippen LogP contribution in [0, 0.1) is 13.8 Å². The zero-order chi connectivity index (χ0) is 13.1. The Labute approximate surface area is 108 Å². The van der Waals surface area contributed by atoms with Crippen molar-refractivity contribution in [3.8, 4) is 0 Å². The SMILES string of the molecule is Cc1nc(CNC(=O)c2ccc(Cl)nn2)oc1C. The van der Waals surface area contributed by atoms with Crippen molar-refractivity contribution in [1.29, 1.82) is 0 Å². The van der Waals surface area contributed by atoms with Crippen LogP contribution in [0.5, 0.6) is 0 Å². The monoisotopic (exact) mass is 266 g/mol. The second kappa shape index (κ2) is 5.14. The van der Waals surface area contributed by atoms with Gasteiger partial charge in [-0.05, 0) is 26.0 Å². The highest BCUT2D eigenvalue weighted by atomic mass is 35.5. The summed E-state index contributed by atoms with van der Waals surface area (Å²) in [5.41, 5.74) is 1.00. The van der Waals surface area contributed by atoms with E-state index in [1.165, 1.54) is 12.1 Å². The third-order valence-corrected chi connectivity index (χ3v) is 2.54. The predicted molar refractivity (Wildman–Crippen MR) is 64.2 cm³/mol. The maximum absolute atomic E-state index is 11.7. The number of oxazole rings is 1. The van der Waals surface area contributed by atoms with Gasteiger partial charge in [0.1, 0.15) is 5.76 Å². The normalized spacial score (nSPS) is 10.4. The van der Waals surface area contributed by atoms with Crippen LogP contribution >= 0.6 is 11.6 Å². The number of nitrogens with one attached hydrogen (secondary N) is 1. The zero-order valence-electron chi connectivity index (χ0n) is 9.90. The highest BCUT2D eigenvalue weighted by molar-refractivity contribution is 6.29. The third-order valence-electron chi connectivity index (χ3n) is 2.34. The van der Waals surface area contributed by atoms with E-state index in [9.17, 15) is 4.79 Å². The van der Waals surface area contributed by atoms with Crippen molar-refractivity contribution in [2.75, 3.05) is 0 Å². The van der Waals surface area contributed by atoms with Gasteiger partial charge in [-0.15, -0.1) is 10.2 Å². The lowest BCUT2D eigenvalue weighted by atomic mass is 10.3. The second-order valence-electron chi connectivity index (χ2n) is 3.67. The number of halogens is 1. The Morgan fingerprint density at radius 2 is 2.17 bits per heavy atom. The first-order valence-corrected chi connectivity index (χ1v) is 5.64. The maximum atomic E-state index is 11.7. The Kier molecular flexibility index (Phi) is 3.57. The van der Waals surface area contributed by atoms with E-state index < -0.39 is 0 Å². The molecule has 2 rings (SSSR count). The van der Waals surface area contributed by atoms with Gasteiger partial charge in [0.25, 0.3) is 5.91 Å². The van der Waals surface area contributed by atoms with Crippen molar-refractivity contribution in [2.24, 2.45) is 0 Å². The molecule has 0 aromatic carbocycles. The minimum Gasteiger partial charge on any atom is -0.444 e. The largest absolute Gasteiger partial charge is 0.444 e. The summed E-state index contributed by atoms with van der Waals surface area (Å²) in [6.07, 6.45) is 0. The minimum absolute atomic E-state index is 0.194. The van der Waals surface area contributed by atoms with Crippen molar-refractivity contribution in [3.63, 3.8) is 0 Å². The lowest BCUT2D eigenvalue weighted by Gasteiger charge is -2.00. The van der Waals surface area contributed by atoms with E-state index >= 15 is 0 Å². The lowest BCUT2D eigenvalue weighted by molar-refractivity contribution is 0.0941. The van der Waals surface area contributed by atoms with Crippen LogP contribution < -0.4 is 5.32 Å². The fraction of sp³-hybridized carbons (Fsp3) is 0.273. The maximum Gasteiger partial charge on any atom is 0.272 e. The molecule has 0 saturated carbocycles. The minimum atomic E-state index is -0.354. The van der Waals surface area contributed by atoms with Crippen molar-refractivity contribution in [2.45, 2.75) is 20.4 Å². The van der Waals surface area contributed by atoms with Gasteiger partial charge in [-0.2, -0.15) is 0 Å². The number of aryl methyl sites for hydroxylation is 2. The molecule has 6 nitrogen and oxygen atoms in total. The van der Waals surface area contributed by atoms with Crippen LogP contribution in [-0.4, -0.2) is 21.1 Å². The Balaban J connectivity index is 1.98. The summed E-state index contributed by atoms with van der Waals surface area (Å²) < 4.78 is 5.34. The smallest absolute Gasteiger partial charge is 0.272 e. The van der Waals surface area contributed by atoms with Gasteiger partial charge in [0.05, 0.1) is 12.2 Å². The summed E-state index contributed by atoms with van der Waals surface area (Å²) >= 11 is 5.58. The first kappa shape index (κ1) is 12.5. The summed E-state index contributed by atoms with van der Waals surface area (Å²) in [6.45, 7) is 3.87. The van der Waals surface area contributed by atoms with Gasteiger partial charge in [0.15, 0.2) is 10.8 Å². The molecule has 0 aliphatic carbocycles. The average Bonchev–Trinajstić information content (AvgIpc) is 2.67. The van der Waals surface area contributed by atoms with Gasteiger partial charge in [-0.1, -0.05) is 11.6 Å². The predicted octanol–water partition coefficient (Wildman–Crippen LogP) is 1.66. The van der Waals surface area contributed by atoms with Gasteiger partial charge in [-0.3, -0.25) is 4.79 Å². The van der Waals surface area contributed by atoms with Crippen molar-refractivity contribution in [1.82, 2.24) is 20.5 Å². The van der Waals surface area contributed by atoms with Crippen LogP contribution in [0.4, 0.5) is 0 Å². The molecule has 1 N–H and O–H groups in total. The van der Waals surface area contributed by atoms with Gasteiger partial charge < -0.3 is 9.73 Å². The van der Waals surface area contributed by atoms with E-state index in [0.29, 0.717) is 5.89 Å². The van der Waals surface area contributed by atoms with Crippen molar-refractivity contribution < 1.29 is 9.21 Å². The van der Waals surface area contributed by atoms with Crippen LogP contribution in [-0.2, 0) is 6.54 Å². The molecule has 94 valence electrons. The molecule has 7 heteroatoms. The number of rotatable bonds is 3. The molecule has 0 aliphatic rings. The Morgan fingerprint density at radius 3 is 2.72 bits per heavy atom. The molecule has 0 bridgehead atoms. The highest BCUT2D eigenvalue weighted by Crippen LogP contribution is 2.08.